The van der Waals surface area contributed by atoms with Gasteiger partial charge in [0.15, 0.2) is 0 Å². The van der Waals surface area contributed by atoms with Crippen molar-refractivity contribution in [2.75, 3.05) is 0 Å². The normalized spacial score (nSPS) is 30.2. The van der Waals surface area contributed by atoms with Crippen LogP contribution >= 0.6 is 0 Å². The summed E-state index contributed by atoms with van der Waals surface area (Å²) in [7, 11) is 0. The molecule has 0 aliphatic carbocycles. The Morgan fingerprint density at radius 2 is 1.81 bits per heavy atom. The van der Waals surface area contributed by atoms with E-state index < -0.39 is 24.6 Å². The molecule has 1 aromatic carbocycles. The maximum absolute atomic E-state index is 9.76. The van der Waals surface area contributed by atoms with Gasteiger partial charge < -0.3 is 19.7 Å². The average molecular weight is 294 g/mol. The molecule has 0 unspecified atom stereocenters. The Morgan fingerprint density at radius 3 is 2.33 bits per heavy atom. The Kier molecular flexibility index (Phi) is 4.91. The molecule has 118 valence electrons. The van der Waals surface area contributed by atoms with Crippen LogP contribution in [-0.4, -0.2) is 34.8 Å². The SMILES string of the molecule is C[C@@H]1O[C@@H](Oc2ccc(CC(C)(C)C)cc2)C[C@H](O)[C@@H]1O. The van der Waals surface area contributed by atoms with Gasteiger partial charge in [0.05, 0.1) is 12.2 Å². The van der Waals surface area contributed by atoms with E-state index in [0.717, 1.165) is 6.42 Å². The predicted octanol–water partition coefficient (Wildman–Crippen LogP) is 2.51. The Morgan fingerprint density at radius 1 is 1.19 bits per heavy atom. The molecule has 4 nitrogen and oxygen atoms in total. The number of rotatable bonds is 3. The van der Waals surface area contributed by atoms with E-state index in [1.165, 1.54) is 5.56 Å². The molecule has 1 heterocycles. The van der Waals surface area contributed by atoms with Crippen molar-refractivity contribution in [3.05, 3.63) is 29.8 Å². The number of ether oxygens (including phenoxy) is 2. The van der Waals surface area contributed by atoms with E-state index in [0.29, 0.717) is 5.75 Å². The lowest BCUT2D eigenvalue weighted by molar-refractivity contribution is -0.216. The minimum Gasteiger partial charge on any atom is -0.465 e. The summed E-state index contributed by atoms with van der Waals surface area (Å²) in [6.45, 7) is 8.36. The van der Waals surface area contributed by atoms with Crippen LogP contribution in [0, 0.1) is 5.41 Å². The monoisotopic (exact) mass is 294 g/mol. The molecule has 4 atom stereocenters. The zero-order valence-corrected chi connectivity index (χ0v) is 13.2. The largest absolute Gasteiger partial charge is 0.465 e. The second-order valence-corrected chi connectivity index (χ2v) is 7.06. The smallest absolute Gasteiger partial charge is 0.202 e. The standard InChI is InChI=1S/C17H26O4/c1-11-16(19)14(18)9-15(20-11)21-13-7-5-12(6-8-13)10-17(2,3)4/h5-8,11,14-16,18-19H,9-10H2,1-4H3/t11-,14-,15-,16+/m0/s1. The van der Waals surface area contributed by atoms with Gasteiger partial charge in [-0.2, -0.15) is 0 Å². The molecule has 0 spiro atoms. The van der Waals surface area contributed by atoms with Gasteiger partial charge in [-0.15, -0.1) is 0 Å². The molecular formula is C17H26O4. The van der Waals surface area contributed by atoms with Crippen molar-refractivity contribution in [2.24, 2.45) is 5.41 Å². The molecule has 4 heteroatoms. The fraction of sp³-hybridized carbons (Fsp3) is 0.647. The van der Waals surface area contributed by atoms with Gasteiger partial charge in [0.2, 0.25) is 6.29 Å². The third-order valence-electron chi connectivity index (χ3n) is 3.60. The molecular weight excluding hydrogens is 268 g/mol. The molecule has 2 N–H and O–H groups in total. The molecule has 0 bridgehead atoms. The number of aliphatic hydroxyl groups excluding tert-OH is 2. The van der Waals surface area contributed by atoms with Crippen molar-refractivity contribution in [3.8, 4) is 5.75 Å². The quantitative estimate of drug-likeness (QED) is 0.899. The first-order chi connectivity index (χ1) is 9.74. The molecule has 21 heavy (non-hydrogen) atoms. The summed E-state index contributed by atoms with van der Waals surface area (Å²) >= 11 is 0. The molecule has 1 fully saturated rings. The van der Waals surface area contributed by atoms with Gasteiger partial charge in [-0.25, -0.2) is 0 Å². The van der Waals surface area contributed by atoms with Gasteiger partial charge in [-0.05, 0) is 36.5 Å². The minimum absolute atomic E-state index is 0.254. The molecule has 0 saturated carbocycles. The predicted molar refractivity (Wildman–Crippen MR) is 81.2 cm³/mol. The van der Waals surface area contributed by atoms with Crippen LogP contribution in [-0.2, 0) is 11.2 Å². The highest BCUT2D eigenvalue weighted by Crippen LogP contribution is 2.25. The fourth-order valence-corrected chi connectivity index (χ4v) is 2.55. The van der Waals surface area contributed by atoms with Crippen molar-refractivity contribution in [2.45, 2.75) is 65.1 Å². The summed E-state index contributed by atoms with van der Waals surface area (Å²) in [5, 5.41) is 19.4. The van der Waals surface area contributed by atoms with Gasteiger partial charge in [-0.1, -0.05) is 32.9 Å². The minimum atomic E-state index is -0.848. The Bertz CT molecular complexity index is 437. The zero-order chi connectivity index (χ0) is 15.6. The number of hydrogen-bond acceptors (Lipinski definition) is 4. The maximum atomic E-state index is 9.76. The third kappa shape index (κ3) is 4.70. The lowest BCUT2D eigenvalue weighted by Crippen LogP contribution is -2.48. The topological polar surface area (TPSA) is 58.9 Å². The average Bonchev–Trinajstić information content (AvgIpc) is 2.36. The first-order valence-corrected chi connectivity index (χ1v) is 7.52. The summed E-state index contributed by atoms with van der Waals surface area (Å²) in [4.78, 5) is 0. The van der Waals surface area contributed by atoms with Crippen molar-refractivity contribution in [3.63, 3.8) is 0 Å². The summed E-state index contributed by atoms with van der Waals surface area (Å²) in [5.41, 5.74) is 1.52. The van der Waals surface area contributed by atoms with E-state index in [1.54, 1.807) is 6.92 Å². The van der Waals surface area contributed by atoms with Crippen LogP contribution in [0.5, 0.6) is 5.75 Å². The summed E-state index contributed by atoms with van der Waals surface area (Å²) in [6, 6.07) is 7.95. The summed E-state index contributed by atoms with van der Waals surface area (Å²) < 4.78 is 11.3. The van der Waals surface area contributed by atoms with E-state index in [4.69, 9.17) is 9.47 Å². The zero-order valence-electron chi connectivity index (χ0n) is 13.2. The van der Waals surface area contributed by atoms with E-state index in [9.17, 15) is 10.2 Å². The molecule has 0 aromatic heterocycles. The van der Waals surface area contributed by atoms with Crippen molar-refractivity contribution in [1.82, 2.24) is 0 Å². The van der Waals surface area contributed by atoms with Crippen LogP contribution in [0.15, 0.2) is 24.3 Å². The fourth-order valence-electron chi connectivity index (χ4n) is 2.55. The van der Waals surface area contributed by atoms with E-state index in [2.05, 4.69) is 32.9 Å². The second-order valence-electron chi connectivity index (χ2n) is 7.06. The molecule has 0 amide bonds. The van der Waals surface area contributed by atoms with E-state index in [-0.39, 0.29) is 11.8 Å². The molecule has 1 aliphatic rings. The number of benzene rings is 1. The van der Waals surface area contributed by atoms with E-state index in [1.807, 2.05) is 12.1 Å². The molecule has 1 aliphatic heterocycles. The lowest BCUT2D eigenvalue weighted by atomic mass is 9.88. The van der Waals surface area contributed by atoms with Crippen LogP contribution in [0.3, 0.4) is 0 Å². The van der Waals surface area contributed by atoms with Gasteiger partial charge in [0.25, 0.3) is 0 Å². The van der Waals surface area contributed by atoms with Crippen LogP contribution in [0.1, 0.15) is 39.7 Å². The third-order valence-corrected chi connectivity index (χ3v) is 3.60. The maximum Gasteiger partial charge on any atom is 0.202 e. The summed E-state index contributed by atoms with van der Waals surface area (Å²) in [5.74, 6) is 0.716. The summed E-state index contributed by atoms with van der Waals surface area (Å²) in [6.07, 6.45) is -1.33. The number of aliphatic hydroxyl groups is 2. The van der Waals surface area contributed by atoms with Crippen LogP contribution in [0.25, 0.3) is 0 Å². The lowest BCUT2D eigenvalue weighted by Gasteiger charge is -2.35. The molecule has 1 aromatic rings. The van der Waals surface area contributed by atoms with Crippen molar-refractivity contribution >= 4 is 0 Å². The van der Waals surface area contributed by atoms with Gasteiger partial charge in [0.1, 0.15) is 11.9 Å². The van der Waals surface area contributed by atoms with E-state index >= 15 is 0 Å². The highest BCUT2D eigenvalue weighted by atomic mass is 16.7. The Balaban J connectivity index is 1.94. The molecule has 1 saturated heterocycles. The van der Waals surface area contributed by atoms with Gasteiger partial charge in [0, 0.05) is 6.42 Å². The van der Waals surface area contributed by atoms with Gasteiger partial charge >= 0.3 is 0 Å². The number of hydrogen-bond donors (Lipinski definition) is 2. The highest BCUT2D eigenvalue weighted by molar-refractivity contribution is 5.28. The van der Waals surface area contributed by atoms with Crippen LogP contribution in [0.4, 0.5) is 0 Å². The Labute approximate surface area is 126 Å². The molecule has 2 rings (SSSR count). The van der Waals surface area contributed by atoms with Crippen molar-refractivity contribution in [1.29, 1.82) is 0 Å². The first-order valence-electron chi connectivity index (χ1n) is 7.52. The van der Waals surface area contributed by atoms with Gasteiger partial charge in [-0.3, -0.25) is 0 Å². The highest BCUT2D eigenvalue weighted by Gasteiger charge is 2.35. The first kappa shape index (κ1) is 16.3. The van der Waals surface area contributed by atoms with Crippen molar-refractivity contribution < 1.29 is 19.7 Å². The second kappa shape index (κ2) is 6.34. The molecule has 0 radical (unpaired) electrons. The Hall–Kier alpha value is -1.10. The van der Waals surface area contributed by atoms with Crippen LogP contribution < -0.4 is 4.74 Å². The van der Waals surface area contributed by atoms with Crippen LogP contribution in [0.2, 0.25) is 0 Å².